The standard InChI is InChI=1S/C47H69N11O4S/c1-32(2)55-34(4)20-21-35(5)56-42(27-38-16-10-8-11-17-38)46(61)51-24-14-15-33(3)52-31-44(59)53-29-36(6)57-43(28-39-18-12-9-13-19-39)47(62)54-30-40(49)45(60)58-41(22-23-48)37(7)50-25-26-63/h8-13,16-19,34,40-43,50,52,55-57,63H,1,3,5-7,14-15,20-22,24-31,49H2,2,4H3,(H,51,61)(H,53,59)(H,54,62)(H,58,60). The van der Waals surface area contributed by atoms with Crippen LogP contribution in [0.4, 0.5) is 0 Å². The highest BCUT2D eigenvalue weighted by Crippen LogP contribution is 2.10. The van der Waals surface area contributed by atoms with E-state index >= 15 is 0 Å². The molecule has 5 unspecified atom stereocenters. The van der Waals surface area contributed by atoms with Crippen molar-refractivity contribution in [3.8, 4) is 6.07 Å². The molecule has 2 rings (SSSR count). The smallest absolute Gasteiger partial charge is 0.242 e. The van der Waals surface area contributed by atoms with Crippen LogP contribution in [0, 0.1) is 11.3 Å². The molecule has 16 heteroatoms. The molecule has 0 aliphatic carbocycles. The Kier molecular flexibility index (Phi) is 25.2. The molecule has 0 aliphatic rings. The molecule has 0 saturated heterocycles. The van der Waals surface area contributed by atoms with Crippen molar-refractivity contribution in [2.75, 3.05) is 38.5 Å². The van der Waals surface area contributed by atoms with Crippen LogP contribution in [0.5, 0.6) is 0 Å². The van der Waals surface area contributed by atoms with Crippen molar-refractivity contribution in [2.45, 2.75) is 89.0 Å². The molecule has 11 N–H and O–H groups in total. The molecule has 342 valence electrons. The minimum atomic E-state index is -1.10. The number of allylic oxidation sites excluding steroid dienone is 3. The van der Waals surface area contributed by atoms with E-state index in [0.717, 1.165) is 28.9 Å². The number of hydrogen-bond donors (Lipinski definition) is 11. The lowest BCUT2D eigenvalue weighted by Gasteiger charge is -2.24. The lowest BCUT2D eigenvalue weighted by molar-refractivity contribution is -0.125. The molecule has 2 aromatic rings. The van der Waals surface area contributed by atoms with Crippen LogP contribution in [0.15, 0.2) is 122 Å². The Morgan fingerprint density at radius 1 is 0.683 bits per heavy atom. The lowest BCUT2D eigenvalue weighted by atomic mass is 10.0. The number of nitriles is 1. The summed E-state index contributed by atoms with van der Waals surface area (Å²) < 4.78 is 0. The van der Waals surface area contributed by atoms with E-state index in [1.807, 2.05) is 73.7 Å². The monoisotopic (exact) mass is 884 g/mol. The first-order valence-electron chi connectivity index (χ1n) is 21.2. The number of carbonyl (C=O) groups excluding carboxylic acids is 4. The van der Waals surface area contributed by atoms with Gasteiger partial charge in [0.2, 0.25) is 23.6 Å². The zero-order chi connectivity index (χ0) is 46.6. The van der Waals surface area contributed by atoms with Gasteiger partial charge in [-0.05, 0) is 50.7 Å². The molecule has 63 heavy (non-hydrogen) atoms. The number of nitrogens with two attached hydrogens (primary N) is 1. The van der Waals surface area contributed by atoms with Gasteiger partial charge in [0.25, 0.3) is 0 Å². The Balaban J connectivity index is 1.83. The maximum Gasteiger partial charge on any atom is 0.242 e. The molecule has 5 atom stereocenters. The number of carbonyl (C=O) groups is 4. The molecular formula is C47H69N11O4S. The maximum atomic E-state index is 13.4. The molecule has 15 nitrogen and oxygen atoms in total. The second-order valence-electron chi connectivity index (χ2n) is 15.4. The summed E-state index contributed by atoms with van der Waals surface area (Å²) in [7, 11) is 0. The summed E-state index contributed by atoms with van der Waals surface area (Å²) in [6.45, 7) is 24.8. The summed E-state index contributed by atoms with van der Waals surface area (Å²) in [5.41, 5.74) is 11.2. The highest BCUT2D eigenvalue weighted by Gasteiger charge is 2.24. The normalized spacial score (nSPS) is 12.9. The second-order valence-corrected chi connectivity index (χ2v) is 15.9. The fourth-order valence-electron chi connectivity index (χ4n) is 6.21. The van der Waals surface area contributed by atoms with Crippen molar-refractivity contribution in [2.24, 2.45) is 5.73 Å². The first-order valence-corrected chi connectivity index (χ1v) is 21.8. The zero-order valence-electron chi connectivity index (χ0n) is 37.0. The van der Waals surface area contributed by atoms with Crippen molar-refractivity contribution in [1.82, 2.24) is 47.9 Å². The van der Waals surface area contributed by atoms with Gasteiger partial charge in [-0.1, -0.05) is 93.6 Å². The molecule has 0 aliphatic heterocycles. The fraction of sp³-hybridized carbons (Fsp3) is 0.426. The van der Waals surface area contributed by atoms with Gasteiger partial charge in [-0.2, -0.15) is 17.9 Å². The predicted molar refractivity (Wildman–Crippen MR) is 256 cm³/mol. The van der Waals surface area contributed by atoms with Crippen LogP contribution in [-0.4, -0.2) is 92.3 Å². The largest absolute Gasteiger partial charge is 0.387 e. The molecule has 2 aromatic carbocycles. The molecule has 0 aromatic heterocycles. The van der Waals surface area contributed by atoms with Crippen LogP contribution in [0.25, 0.3) is 0 Å². The van der Waals surface area contributed by atoms with Crippen molar-refractivity contribution in [1.29, 1.82) is 5.26 Å². The summed E-state index contributed by atoms with van der Waals surface area (Å²) in [5, 5.41) is 36.3. The van der Waals surface area contributed by atoms with Crippen LogP contribution < -0.4 is 53.6 Å². The second kappa shape index (κ2) is 30.0. The average Bonchev–Trinajstić information content (AvgIpc) is 3.26. The van der Waals surface area contributed by atoms with E-state index in [1.54, 1.807) is 0 Å². The number of thiol groups is 1. The van der Waals surface area contributed by atoms with E-state index in [-0.39, 0.29) is 50.3 Å². The molecule has 4 amide bonds. The summed E-state index contributed by atoms with van der Waals surface area (Å²) in [4.78, 5) is 52.4. The van der Waals surface area contributed by atoms with Crippen LogP contribution in [0.2, 0.25) is 0 Å². The fourth-order valence-corrected chi connectivity index (χ4v) is 6.32. The SMILES string of the molecule is C=C(C)NC(C)CCC(=C)NC(Cc1ccccc1)C(=O)NCCCC(=C)NCC(=O)NCC(=C)NC(Cc1ccccc1)C(=O)NCC(N)C(=O)NC(CC#N)C(=C)NCCS. The lowest BCUT2D eigenvalue weighted by Crippen LogP contribution is -2.54. The molecule has 0 bridgehead atoms. The van der Waals surface area contributed by atoms with Gasteiger partial charge in [0, 0.05) is 72.8 Å². The first kappa shape index (κ1) is 53.0. The van der Waals surface area contributed by atoms with Gasteiger partial charge in [0.15, 0.2) is 0 Å². The third-order valence-corrected chi connectivity index (χ3v) is 9.83. The Bertz CT molecular complexity index is 1870. The summed E-state index contributed by atoms with van der Waals surface area (Å²) >= 11 is 4.15. The number of benzene rings is 2. The van der Waals surface area contributed by atoms with Crippen molar-refractivity contribution in [3.05, 3.63) is 133 Å². The van der Waals surface area contributed by atoms with Crippen molar-refractivity contribution >= 4 is 36.3 Å². The van der Waals surface area contributed by atoms with Gasteiger partial charge in [0.05, 0.1) is 31.6 Å². The summed E-state index contributed by atoms with van der Waals surface area (Å²) in [6.07, 6.45) is 3.46. The zero-order valence-corrected chi connectivity index (χ0v) is 37.9. The first-order chi connectivity index (χ1) is 30.1. The quantitative estimate of drug-likeness (QED) is 0.0369. The Labute approximate surface area is 379 Å². The van der Waals surface area contributed by atoms with E-state index in [4.69, 9.17) is 5.73 Å². The van der Waals surface area contributed by atoms with Crippen LogP contribution >= 0.6 is 12.6 Å². The van der Waals surface area contributed by atoms with Crippen molar-refractivity contribution < 1.29 is 19.2 Å². The average molecular weight is 884 g/mol. The third-order valence-electron chi connectivity index (χ3n) is 9.61. The highest BCUT2D eigenvalue weighted by atomic mass is 32.1. The van der Waals surface area contributed by atoms with Crippen LogP contribution in [0.3, 0.4) is 0 Å². The van der Waals surface area contributed by atoms with E-state index in [1.165, 1.54) is 0 Å². The molecule has 0 heterocycles. The predicted octanol–water partition coefficient (Wildman–Crippen LogP) is 2.70. The Hall–Kier alpha value is -6.18. The summed E-state index contributed by atoms with van der Waals surface area (Å²) in [5.74, 6) is -0.887. The van der Waals surface area contributed by atoms with Crippen molar-refractivity contribution in [3.63, 3.8) is 0 Å². The number of nitrogens with one attached hydrogen (secondary N) is 9. The van der Waals surface area contributed by atoms with Crippen LogP contribution in [-0.2, 0) is 32.0 Å². The van der Waals surface area contributed by atoms with Gasteiger partial charge in [-0.25, -0.2) is 0 Å². The number of nitrogens with zero attached hydrogens (tertiary/aromatic N) is 1. The Morgan fingerprint density at radius 2 is 1.27 bits per heavy atom. The molecule has 0 fully saturated rings. The van der Waals surface area contributed by atoms with E-state index in [0.29, 0.717) is 61.6 Å². The third kappa shape index (κ3) is 23.0. The topological polar surface area (TPSA) is 226 Å². The minimum Gasteiger partial charge on any atom is -0.387 e. The van der Waals surface area contributed by atoms with E-state index in [9.17, 15) is 24.4 Å². The van der Waals surface area contributed by atoms with Gasteiger partial charge in [-0.3, -0.25) is 19.2 Å². The molecule has 0 saturated carbocycles. The van der Waals surface area contributed by atoms with Gasteiger partial charge < -0.3 is 53.6 Å². The number of hydrogen-bond acceptors (Lipinski definition) is 12. The highest BCUT2D eigenvalue weighted by molar-refractivity contribution is 7.80. The van der Waals surface area contributed by atoms with E-state index < -0.39 is 36.0 Å². The van der Waals surface area contributed by atoms with E-state index in [2.05, 4.69) is 100 Å². The number of rotatable bonds is 33. The van der Waals surface area contributed by atoms with Crippen LogP contribution in [0.1, 0.15) is 57.1 Å². The maximum absolute atomic E-state index is 13.4. The van der Waals surface area contributed by atoms with Gasteiger partial charge in [-0.15, -0.1) is 0 Å². The number of amides is 4. The Morgan fingerprint density at radius 3 is 1.84 bits per heavy atom. The summed E-state index contributed by atoms with van der Waals surface area (Å²) in [6, 6.07) is 18.4. The minimum absolute atomic E-state index is 0.0148. The van der Waals surface area contributed by atoms with Gasteiger partial charge in [0.1, 0.15) is 18.1 Å². The molecule has 0 radical (unpaired) electrons. The van der Waals surface area contributed by atoms with Gasteiger partial charge >= 0.3 is 0 Å². The molecular weight excluding hydrogens is 815 g/mol. The molecule has 0 spiro atoms.